The van der Waals surface area contributed by atoms with Crippen molar-refractivity contribution in [2.75, 3.05) is 11.4 Å². The van der Waals surface area contributed by atoms with E-state index in [0.29, 0.717) is 6.54 Å². The number of nitrogens with zero attached hydrogens (tertiary/aromatic N) is 1. The number of hydrogen-bond acceptors (Lipinski definition) is 1. The second kappa shape index (κ2) is 5.01. The van der Waals surface area contributed by atoms with E-state index in [2.05, 4.69) is 6.92 Å². The van der Waals surface area contributed by atoms with Gasteiger partial charge in [-0.25, -0.2) is 4.79 Å². The van der Waals surface area contributed by atoms with Crippen molar-refractivity contribution in [1.29, 1.82) is 0 Å². The summed E-state index contributed by atoms with van der Waals surface area (Å²) in [4.78, 5) is 12.5. The zero-order chi connectivity index (χ0) is 12.3. The van der Waals surface area contributed by atoms with Crippen molar-refractivity contribution < 1.29 is 9.90 Å². The standard InChI is InChI=1S/C13H19NO2/c1-5-6-14(13(15)16)12-7-9(2)11(4)10(3)8-12/h7-8H,5-6H2,1-4H3,(H,15,16). The van der Waals surface area contributed by atoms with Gasteiger partial charge in [0.25, 0.3) is 0 Å². The number of benzene rings is 1. The van der Waals surface area contributed by atoms with Crippen LogP contribution in [0.2, 0.25) is 0 Å². The molecule has 0 bridgehead atoms. The summed E-state index contributed by atoms with van der Waals surface area (Å²) in [6.07, 6.45) is -0.0670. The first kappa shape index (κ1) is 12.6. The van der Waals surface area contributed by atoms with Crippen molar-refractivity contribution in [3.05, 3.63) is 28.8 Å². The van der Waals surface area contributed by atoms with Gasteiger partial charge in [0.1, 0.15) is 0 Å². The summed E-state index contributed by atoms with van der Waals surface area (Å²) < 4.78 is 0. The fraction of sp³-hybridized carbons (Fsp3) is 0.462. The fourth-order valence-corrected chi connectivity index (χ4v) is 1.73. The highest BCUT2D eigenvalue weighted by Crippen LogP contribution is 2.22. The van der Waals surface area contributed by atoms with E-state index in [1.165, 1.54) is 10.5 Å². The third-order valence-electron chi connectivity index (χ3n) is 2.90. The SMILES string of the molecule is CCCN(C(=O)O)c1cc(C)c(C)c(C)c1. The van der Waals surface area contributed by atoms with Gasteiger partial charge in [0, 0.05) is 12.2 Å². The zero-order valence-electron chi connectivity index (χ0n) is 10.4. The first-order valence-corrected chi connectivity index (χ1v) is 5.55. The minimum Gasteiger partial charge on any atom is -0.465 e. The molecule has 0 aliphatic heterocycles. The Morgan fingerprint density at radius 2 is 1.75 bits per heavy atom. The Hall–Kier alpha value is -1.51. The van der Waals surface area contributed by atoms with Gasteiger partial charge >= 0.3 is 6.09 Å². The van der Waals surface area contributed by atoms with Crippen LogP contribution >= 0.6 is 0 Å². The number of rotatable bonds is 3. The van der Waals surface area contributed by atoms with Gasteiger partial charge in [0.15, 0.2) is 0 Å². The number of anilines is 1. The molecule has 3 nitrogen and oxygen atoms in total. The Morgan fingerprint density at radius 3 is 2.12 bits per heavy atom. The molecule has 0 fully saturated rings. The first-order valence-electron chi connectivity index (χ1n) is 5.55. The highest BCUT2D eigenvalue weighted by atomic mass is 16.4. The summed E-state index contributed by atoms with van der Waals surface area (Å²) in [5, 5.41) is 9.13. The third kappa shape index (κ3) is 2.54. The highest BCUT2D eigenvalue weighted by Gasteiger charge is 2.14. The molecule has 0 saturated carbocycles. The van der Waals surface area contributed by atoms with Crippen molar-refractivity contribution in [3.63, 3.8) is 0 Å². The Bertz CT molecular complexity index is 376. The molecule has 0 radical (unpaired) electrons. The molecule has 1 rings (SSSR count). The second-order valence-electron chi connectivity index (χ2n) is 4.14. The van der Waals surface area contributed by atoms with E-state index < -0.39 is 6.09 Å². The molecule has 3 heteroatoms. The minimum atomic E-state index is -0.885. The Kier molecular flexibility index (Phi) is 3.93. The van der Waals surface area contributed by atoms with Crippen molar-refractivity contribution >= 4 is 11.8 Å². The lowest BCUT2D eigenvalue weighted by molar-refractivity contribution is 0.202. The largest absolute Gasteiger partial charge is 0.465 e. The maximum absolute atomic E-state index is 11.1. The molecule has 0 unspecified atom stereocenters. The van der Waals surface area contributed by atoms with Crippen LogP contribution in [-0.4, -0.2) is 17.7 Å². The smallest absolute Gasteiger partial charge is 0.411 e. The quantitative estimate of drug-likeness (QED) is 0.848. The van der Waals surface area contributed by atoms with Crippen molar-refractivity contribution in [1.82, 2.24) is 0 Å². The molecule has 0 saturated heterocycles. The van der Waals surface area contributed by atoms with Crippen LogP contribution in [0.15, 0.2) is 12.1 Å². The van der Waals surface area contributed by atoms with Crippen LogP contribution in [0.25, 0.3) is 0 Å². The summed E-state index contributed by atoms with van der Waals surface area (Å²) in [5.74, 6) is 0. The van der Waals surface area contributed by atoms with Crippen molar-refractivity contribution in [2.45, 2.75) is 34.1 Å². The Labute approximate surface area is 96.7 Å². The van der Waals surface area contributed by atoms with Crippen LogP contribution in [0, 0.1) is 20.8 Å². The lowest BCUT2D eigenvalue weighted by atomic mass is 10.0. The van der Waals surface area contributed by atoms with Crippen molar-refractivity contribution in [3.8, 4) is 0 Å². The topological polar surface area (TPSA) is 40.5 Å². The van der Waals surface area contributed by atoms with Gasteiger partial charge in [-0.3, -0.25) is 4.90 Å². The average Bonchev–Trinajstić information content (AvgIpc) is 2.21. The molecule has 0 atom stereocenters. The van der Waals surface area contributed by atoms with E-state index in [0.717, 1.165) is 23.2 Å². The summed E-state index contributed by atoms with van der Waals surface area (Å²) in [6.45, 7) is 8.59. The molecule has 0 aliphatic rings. The van der Waals surface area contributed by atoms with Gasteiger partial charge in [0.05, 0.1) is 0 Å². The fourth-order valence-electron chi connectivity index (χ4n) is 1.73. The molecule has 1 aromatic rings. The lowest BCUT2D eigenvalue weighted by Crippen LogP contribution is -2.30. The number of amides is 1. The first-order chi connectivity index (χ1) is 7.47. The van der Waals surface area contributed by atoms with Crippen LogP contribution in [0.3, 0.4) is 0 Å². The normalized spacial score (nSPS) is 10.2. The van der Waals surface area contributed by atoms with Gasteiger partial charge in [-0.05, 0) is 56.0 Å². The van der Waals surface area contributed by atoms with Gasteiger partial charge in [-0.1, -0.05) is 6.92 Å². The predicted molar refractivity (Wildman–Crippen MR) is 66.3 cm³/mol. The molecule has 1 amide bonds. The summed E-state index contributed by atoms with van der Waals surface area (Å²) in [6, 6.07) is 3.87. The number of carboxylic acid groups (broad SMARTS) is 1. The Balaban J connectivity index is 3.15. The molecule has 16 heavy (non-hydrogen) atoms. The van der Waals surface area contributed by atoms with E-state index in [9.17, 15) is 4.79 Å². The third-order valence-corrected chi connectivity index (χ3v) is 2.90. The number of carbonyl (C=O) groups is 1. The van der Waals surface area contributed by atoms with Crippen LogP contribution < -0.4 is 4.90 Å². The van der Waals surface area contributed by atoms with Crippen LogP contribution in [0.1, 0.15) is 30.0 Å². The lowest BCUT2D eigenvalue weighted by Gasteiger charge is -2.20. The van der Waals surface area contributed by atoms with E-state index in [-0.39, 0.29) is 0 Å². The molecule has 0 spiro atoms. The van der Waals surface area contributed by atoms with E-state index in [1.807, 2.05) is 32.9 Å². The van der Waals surface area contributed by atoms with Gasteiger partial charge < -0.3 is 5.11 Å². The maximum Gasteiger partial charge on any atom is 0.411 e. The van der Waals surface area contributed by atoms with Crippen LogP contribution in [-0.2, 0) is 0 Å². The molecule has 1 aromatic carbocycles. The van der Waals surface area contributed by atoms with E-state index >= 15 is 0 Å². The molecule has 88 valence electrons. The van der Waals surface area contributed by atoms with Crippen LogP contribution in [0.5, 0.6) is 0 Å². The Morgan fingerprint density at radius 1 is 1.25 bits per heavy atom. The maximum atomic E-state index is 11.1. The molecule has 0 heterocycles. The van der Waals surface area contributed by atoms with Gasteiger partial charge in [0.2, 0.25) is 0 Å². The molecule has 1 N–H and O–H groups in total. The number of hydrogen-bond donors (Lipinski definition) is 1. The molecular weight excluding hydrogens is 202 g/mol. The molecule has 0 aliphatic carbocycles. The highest BCUT2D eigenvalue weighted by molar-refractivity contribution is 5.86. The van der Waals surface area contributed by atoms with Gasteiger partial charge in [-0.2, -0.15) is 0 Å². The molecule has 0 aromatic heterocycles. The predicted octanol–water partition coefficient (Wildman–Crippen LogP) is 3.51. The van der Waals surface area contributed by atoms with Crippen molar-refractivity contribution in [2.24, 2.45) is 0 Å². The second-order valence-corrected chi connectivity index (χ2v) is 4.14. The minimum absolute atomic E-state index is 0.539. The van der Waals surface area contributed by atoms with E-state index in [1.54, 1.807) is 0 Å². The zero-order valence-corrected chi connectivity index (χ0v) is 10.4. The van der Waals surface area contributed by atoms with E-state index in [4.69, 9.17) is 5.11 Å². The van der Waals surface area contributed by atoms with Crippen LogP contribution in [0.4, 0.5) is 10.5 Å². The monoisotopic (exact) mass is 221 g/mol. The summed E-state index contributed by atoms with van der Waals surface area (Å²) in [5.41, 5.74) is 4.27. The average molecular weight is 221 g/mol. The molecular formula is C13H19NO2. The summed E-state index contributed by atoms with van der Waals surface area (Å²) >= 11 is 0. The van der Waals surface area contributed by atoms with Gasteiger partial charge in [-0.15, -0.1) is 0 Å². The number of aryl methyl sites for hydroxylation is 2. The summed E-state index contributed by atoms with van der Waals surface area (Å²) in [7, 11) is 0.